The van der Waals surface area contributed by atoms with Gasteiger partial charge >= 0.3 is 5.97 Å². The van der Waals surface area contributed by atoms with Crippen LogP contribution in [0.3, 0.4) is 0 Å². The van der Waals surface area contributed by atoms with Crippen molar-refractivity contribution in [3.8, 4) is 5.75 Å². The highest BCUT2D eigenvalue weighted by Gasteiger charge is 2.22. The number of methoxy groups -OCH3 is 1. The summed E-state index contributed by atoms with van der Waals surface area (Å²) in [7, 11) is 1.47. The minimum Gasteiger partial charge on any atom is -0.496 e. The summed E-state index contributed by atoms with van der Waals surface area (Å²) < 4.78 is 11.2. The Labute approximate surface area is 137 Å². The Bertz CT molecular complexity index is 679. The van der Waals surface area contributed by atoms with Crippen LogP contribution in [0.5, 0.6) is 5.75 Å². The number of rotatable bonds is 5. The van der Waals surface area contributed by atoms with Crippen LogP contribution in [0, 0.1) is 0 Å². The second kappa shape index (κ2) is 7.22. The van der Waals surface area contributed by atoms with Crippen molar-refractivity contribution in [3.63, 3.8) is 0 Å². The predicted octanol–water partition coefficient (Wildman–Crippen LogP) is 3.89. The quantitative estimate of drug-likeness (QED) is 0.598. The lowest BCUT2D eigenvalue weighted by atomic mass is 10.1. The highest BCUT2D eigenvalue weighted by atomic mass is 79.9. The number of para-hydroxylation sites is 1. The second-order valence-corrected chi connectivity index (χ2v) is 5.53. The monoisotopic (exact) mass is 362 g/mol. The van der Waals surface area contributed by atoms with Crippen LogP contribution in [-0.4, -0.2) is 25.0 Å². The van der Waals surface area contributed by atoms with Crippen molar-refractivity contribution in [1.82, 2.24) is 0 Å². The number of hydrogen-bond donors (Lipinski definition) is 0. The van der Waals surface area contributed by atoms with Crippen LogP contribution in [0.25, 0.3) is 0 Å². The summed E-state index contributed by atoms with van der Waals surface area (Å²) in [5, 5.41) is 0. The Morgan fingerprint density at radius 2 is 1.68 bits per heavy atom. The third kappa shape index (κ3) is 3.74. The Kier molecular flexibility index (Phi) is 5.33. The van der Waals surface area contributed by atoms with Crippen LogP contribution in [0.2, 0.25) is 0 Å². The van der Waals surface area contributed by atoms with Gasteiger partial charge < -0.3 is 9.47 Å². The number of carbonyl (C=O) groups excluding carboxylic acids is 2. The van der Waals surface area contributed by atoms with Gasteiger partial charge in [0, 0.05) is 10.0 Å². The van der Waals surface area contributed by atoms with Gasteiger partial charge in [0.15, 0.2) is 6.10 Å². The van der Waals surface area contributed by atoms with E-state index in [4.69, 9.17) is 9.47 Å². The molecule has 0 spiro atoms. The van der Waals surface area contributed by atoms with Crippen LogP contribution in [0.15, 0.2) is 53.0 Å². The van der Waals surface area contributed by atoms with Gasteiger partial charge in [-0.05, 0) is 31.2 Å². The Balaban J connectivity index is 2.11. The molecular formula is C17H15BrO4. The Morgan fingerprint density at radius 1 is 1.05 bits per heavy atom. The molecule has 2 aromatic carbocycles. The SMILES string of the molecule is COc1ccccc1C(=O)O[C@H](C)C(=O)c1ccc(Br)cc1. The molecule has 0 aliphatic carbocycles. The van der Waals surface area contributed by atoms with Crippen LogP contribution >= 0.6 is 15.9 Å². The molecule has 5 heteroatoms. The summed E-state index contributed by atoms with van der Waals surface area (Å²) in [6.45, 7) is 1.55. The highest BCUT2D eigenvalue weighted by molar-refractivity contribution is 9.10. The molecule has 0 aliphatic heterocycles. The third-order valence-corrected chi connectivity index (χ3v) is 3.64. The summed E-state index contributed by atoms with van der Waals surface area (Å²) in [6, 6.07) is 13.6. The normalized spacial score (nSPS) is 11.6. The molecule has 0 saturated heterocycles. The van der Waals surface area contributed by atoms with Crippen molar-refractivity contribution >= 4 is 27.7 Å². The fraction of sp³-hybridized carbons (Fsp3) is 0.176. The van der Waals surface area contributed by atoms with Crippen molar-refractivity contribution in [2.45, 2.75) is 13.0 Å². The number of benzene rings is 2. The molecule has 0 aromatic heterocycles. The van der Waals surface area contributed by atoms with Crippen molar-refractivity contribution in [3.05, 3.63) is 64.1 Å². The standard InChI is InChI=1S/C17H15BrO4/c1-11(16(19)12-7-9-13(18)10-8-12)22-17(20)14-5-3-4-6-15(14)21-2/h3-11H,1-2H3/t11-/m1/s1. The van der Waals surface area contributed by atoms with E-state index in [0.29, 0.717) is 16.9 Å². The van der Waals surface area contributed by atoms with E-state index in [1.165, 1.54) is 7.11 Å². The average Bonchev–Trinajstić information content (AvgIpc) is 2.54. The van der Waals surface area contributed by atoms with Gasteiger partial charge in [0.25, 0.3) is 0 Å². The van der Waals surface area contributed by atoms with Gasteiger partial charge in [-0.25, -0.2) is 4.79 Å². The van der Waals surface area contributed by atoms with Gasteiger partial charge in [-0.2, -0.15) is 0 Å². The summed E-state index contributed by atoms with van der Waals surface area (Å²) in [6.07, 6.45) is -0.876. The molecule has 0 heterocycles. The van der Waals surface area contributed by atoms with Crippen molar-refractivity contribution in [1.29, 1.82) is 0 Å². The van der Waals surface area contributed by atoms with Crippen LogP contribution in [0.1, 0.15) is 27.6 Å². The molecule has 0 unspecified atom stereocenters. The first-order valence-electron chi connectivity index (χ1n) is 6.66. The van der Waals surface area contributed by atoms with Crippen LogP contribution in [-0.2, 0) is 4.74 Å². The number of Topliss-reactive ketones (excluding diaryl/α,β-unsaturated/α-hetero) is 1. The number of ketones is 1. The molecule has 2 aromatic rings. The van der Waals surface area contributed by atoms with E-state index in [2.05, 4.69) is 15.9 Å². The molecule has 1 atom stereocenters. The maximum Gasteiger partial charge on any atom is 0.342 e. The fourth-order valence-corrected chi connectivity index (χ4v) is 2.20. The summed E-state index contributed by atoms with van der Waals surface area (Å²) in [4.78, 5) is 24.4. The molecule has 22 heavy (non-hydrogen) atoms. The largest absolute Gasteiger partial charge is 0.496 e. The number of halogens is 1. The van der Waals surface area contributed by atoms with Gasteiger partial charge in [0.1, 0.15) is 11.3 Å². The first kappa shape index (κ1) is 16.2. The van der Waals surface area contributed by atoms with Crippen molar-refractivity contribution < 1.29 is 19.1 Å². The molecule has 0 radical (unpaired) electrons. The molecular weight excluding hydrogens is 348 g/mol. The molecule has 0 N–H and O–H groups in total. The zero-order valence-corrected chi connectivity index (χ0v) is 13.8. The molecule has 114 valence electrons. The fourth-order valence-electron chi connectivity index (χ4n) is 1.94. The molecule has 0 fully saturated rings. The lowest BCUT2D eigenvalue weighted by molar-refractivity contribution is 0.0316. The predicted molar refractivity (Wildman–Crippen MR) is 86.3 cm³/mol. The van der Waals surface area contributed by atoms with Gasteiger partial charge in [-0.3, -0.25) is 4.79 Å². The Hall–Kier alpha value is -2.14. The highest BCUT2D eigenvalue weighted by Crippen LogP contribution is 2.20. The molecule has 0 saturated carbocycles. The van der Waals surface area contributed by atoms with Gasteiger partial charge in [0.2, 0.25) is 5.78 Å². The zero-order chi connectivity index (χ0) is 16.1. The van der Waals surface area contributed by atoms with E-state index in [1.54, 1.807) is 55.5 Å². The minimum absolute atomic E-state index is 0.254. The Morgan fingerprint density at radius 3 is 2.32 bits per heavy atom. The summed E-state index contributed by atoms with van der Waals surface area (Å²) in [5.74, 6) is -0.429. The molecule has 2 rings (SSSR count). The number of carbonyl (C=O) groups is 2. The summed E-state index contributed by atoms with van der Waals surface area (Å²) >= 11 is 3.31. The molecule has 0 amide bonds. The average molecular weight is 363 g/mol. The zero-order valence-electron chi connectivity index (χ0n) is 12.2. The smallest absolute Gasteiger partial charge is 0.342 e. The van der Waals surface area contributed by atoms with E-state index in [0.717, 1.165) is 4.47 Å². The molecule has 4 nitrogen and oxygen atoms in total. The number of esters is 1. The van der Waals surface area contributed by atoms with Gasteiger partial charge in [-0.15, -0.1) is 0 Å². The summed E-state index contributed by atoms with van der Waals surface area (Å²) in [5.41, 5.74) is 0.781. The molecule has 0 aliphatic rings. The maximum absolute atomic E-state index is 12.3. The number of ether oxygens (including phenoxy) is 2. The van der Waals surface area contributed by atoms with E-state index in [9.17, 15) is 9.59 Å². The maximum atomic E-state index is 12.3. The van der Waals surface area contributed by atoms with E-state index >= 15 is 0 Å². The van der Waals surface area contributed by atoms with Gasteiger partial charge in [0.05, 0.1) is 7.11 Å². The third-order valence-electron chi connectivity index (χ3n) is 3.11. The van der Waals surface area contributed by atoms with E-state index < -0.39 is 12.1 Å². The lowest BCUT2D eigenvalue weighted by Crippen LogP contribution is -2.24. The lowest BCUT2D eigenvalue weighted by Gasteiger charge is -2.14. The van der Waals surface area contributed by atoms with Crippen LogP contribution < -0.4 is 4.74 Å². The van der Waals surface area contributed by atoms with Crippen molar-refractivity contribution in [2.24, 2.45) is 0 Å². The molecule has 0 bridgehead atoms. The second-order valence-electron chi connectivity index (χ2n) is 4.62. The van der Waals surface area contributed by atoms with E-state index in [1.807, 2.05) is 0 Å². The van der Waals surface area contributed by atoms with Crippen LogP contribution in [0.4, 0.5) is 0 Å². The van der Waals surface area contributed by atoms with Crippen molar-refractivity contribution in [2.75, 3.05) is 7.11 Å². The number of hydrogen-bond acceptors (Lipinski definition) is 4. The first-order valence-corrected chi connectivity index (χ1v) is 7.46. The topological polar surface area (TPSA) is 52.6 Å². The minimum atomic E-state index is -0.876. The van der Waals surface area contributed by atoms with E-state index in [-0.39, 0.29) is 5.78 Å². The van der Waals surface area contributed by atoms with Gasteiger partial charge in [-0.1, -0.05) is 40.2 Å². The first-order chi connectivity index (χ1) is 10.5.